The number of allylic oxidation sites excluding steroid dienone is 2. The van der Waals surface area contributed by atoms with Gasteiger partial charge in [0.1, 0.15) is 0 Å². The molecule has 1 nitrogen and oxygen atoms in total. The van der Waals surface area contributed by atoms with Gasteiger partial charge in [-0.05, 0) is 97.7 Å². The Morgan fingerprint density at radius 2 is 1.68 bits per heavy atom. The third-order valence-corrected chi connectivity index (χ3v) is 10.3. The fraction of sp³-hybridized carbons (Fsp3) is 0.926. The van der Waals surface area contributed by atoms with E-state index in [2.05, 4.69) is 40.7 Å². The highest BCUT2D eigenvalue weighted by Gasteiger charge is 2.58. The Labute approximate surface area is 174 Å². The zero-order valence-electron chi connectivity index (χ0n) is 19.3. The van der Waals surface area contributed by atoms with E-state index in [1.54, 1.807) is 0 Å². The molecule has 0 aromatic heterocycles. The highest BCUT2D eigenvalue weighted by atomic mass is 16.3. The molecule has 0 amide bonds. The predicted octanol–water partition coefficient (Wildman–Crippen LogP) is 7.39. The van der Waals surface area contributed by atoms with E-state index in [0.717, 1.165) is 48.3 Å². The van der Waals surface area contributed by atoms with Gasteiger partial charge in [0.05, 0.1) is 6.10 Å². The molecule has 4 aliphatic carbocycles. The molecule has 8 atom stereocenters. The van der Waals surface area contributed by atoms with Crippen molar-refractivity contribution < 1.29 is 5.11 Å². The van der Waals surface area contributed by atoms with Crippen molar-refractivity contribution in [2.45, 2.75) is 111 Å². The largest absolute Gasteiger partial charge is 0.393 e. The van der Waals surface area contributed by atoms with Crippen LogP contribution in [0.1, 0.15) is 105 Å². The van der Waals surface area contributed by atoms with E-state index in [1.165, 1.54) is 57.8 Å². The first kappa shape index (κ1) is 21.0. The van der Waals surface area contributed by atoms with E-state index in [4.69, 9.17) is 0 Å². The molecule has 160 valence electrons. The molecule has 0 aromatic rings. The summed E-state index contributed by atoms with van der Waals surface area (Å²) in [7, 11) is 0. The van der Waals surface area contributed by atoms with Gasteiger partial charge in [0.25, 0.3) is 0 Å². The van der Waals surface area contributed by atoms with E-state index < -0.39 is 0 Å². The van der Waals surface area contributed by atoms with Crippen molar-refractivity contribution in [3.8, 4) is 0 Å². The molecule has 1 heteroatoms. The number of hydrogen-bond acceptors (Lipinski definition) is 1. The van der Waals surface area contributed by atoms with Crippen LogP contribution in [0.5, 0.6) is 0 Å². The molecule has 4 aliphatic rings. The molecule has 0 heterocycles. The van der Waals surface area contributed by atoms with Gasteiger partial charge in [0.15, 0.2) is 0 Å². The maximum absolute atomic E-state index is 10.2. The van der Waals surface area contributed by atoms with Gasteiger partial charge in [-0.1, -0.05) is 65.5 Å². The summed E-state index contributed by atoms with van der Waals surface area (Å²) in [6, 6.07) is 0. The second-order valence-corrected chi connectivity index (χ2v) is 12.2. The van der Waals surface area contributed by atoms with Crippen molar-refractivity contribution in [3.63, 3.8) is 0 Å². The molecule has 0 aromatic carbocycles. The molecular weight excluding hydrogens is 340 g/mol. The average Bonchev–Trinajstić information content (AvgIpc) is 2.99. The zero-order chi connectivity index (χ0) is 20.1. The van der Waals surface area contributed by atoms with Crippen molar-refractivity contribution in [3.05, 3.63) is 11.6 Å². The quantitative estimate of drug-likeness (QED) is 0.488. The topological polar surface area (TPSA) is 20.2 Å². The molecule has 0 spiro atoms. The highest BCUT2D eigenvalue weighted by Crippen LogP contribution is 2.66. The lowest BCUT2D eigenvalue weighted by atomic mass is 9.47. The van der Waals surface area contributed by atoms with Gasteiger partial charge in [0.2, 0.25) is 0 Å². The van der Waals surface area contributed by atoms with Crippen LogP contribution in [0, 0.1) is 46.3 Å². The van der Waals surface area contributed by atoms with Crippen molar-refractivity contribution in [2.24, 2.45) is 46.3 Å². The standard InChI is InChI=1S/C27H46O/c1-18(2)7-6-8-19(3)23-11-12-24-22-10-9-20-17-21(28)13-15-26(20,4)25(22)14-16-27(23,24)5/h10,18-21,23-25,28H,6-9,11-17H2,1-5H3/t19?,20-,21-,23?,24?,25?,26?,27?/m0/s1. The fourth-order valence-corrected chi connectivity index (χ4v) is 8.51. The van der Waals surface area contributed by atoms with Gasteiger partial charge in [-0.25, -0.2) is 0 Å². The summed E-state index contributed by atoms with van der Waals surface area (Å²) in [6.07, 6.45) is 17.2. The first-order valence-corrected chi connectivity index (χ1v) is 12.6. The molecule has 28 heavy (non-hydrogen) atoms. The maximum Gasteiger partial charge on any atom is 0.0543 e. The molecule has 0 saturated heterocycles. The van der Waals surface area contributed by atoms with Gasteiger partial charge < -0.3 is 5.11 Å². The molecule has 0 aliphatic heterocycles. The van der Waals surface area contributed by atoms with Crippen LogP contribution in [-0.2, 0) is 0 Å². The van der Waals surface area contributed by atoms with Crippen LogP contribution < -0.4 is 0 Å². The Morgan fingerprint density at radius 1 is 0.964 bits per heavy atom. The van der Waals surface area contributed by atoms with Crippen LogP contribution >= 0.6 is 0 Å². The third kappa shape index (κ3) is 3.42. The Bertz CT molecular complexity index is 591. The molecule has 3 saturated carbocycles. The van der Waals surface area contributed by atoms with Crippen molar-refractivity contribution in [1.82, 2.24) is 0 Å². The van der Waals surface area contributed by atoms with Crippen LogP contribution in [0.2, 0.25) is 0 Å². The number of fused-ring (bicyclic) bond motifs is 5. The van der Waals surface area contributed by atoms with E-state index in [1.807, 2.05) is 5.57 Å². The second kappa shape index (κ2) is 7.75. The Kier molecular flexibility index (Phi) is 5.80. The summed E-state index contributed by atoms with van der Waals surface area (Å²) < 4.78 is 0. The summed E-state index contributed by atoms with van der Waals surface area (Å²) in [4.78, 5) is 0. The van der Waals surface area contributed by atoms with Crippen LogP contribution in [0.3, 0.4) is 0 Å². The number of hydrogen-bond donors (Lipinski definition) is 1. The lowest BCUT2D eigenvalue weighted by Gasteiger charge is -2.57. The molecule has 0 bridgehead atoms. The minimum Gasteiger partial charge on any atom is -0.393 e. The van der Waals surface area contributed by atoms with Gasteiger partial charge >= 0.3 is 0 Å². The minimum atomic E-state index is -0.0376. The lowest BCUT2D eigenvalue weighted by molar-refractivity contribution is -0.0427. The van der Waals surface area contributed by atoms with E-state index in [9.17, 15) is 5.11 Å². The molecule has 4 rings (SSSR count). The summed E-state index contributed by atoms with van der Waals surface area (Å²) in [5.41, 5.74) is 2.89. The van der Waals surface area contributed by atoms with Crippen LogP contribution in [-0.4, -0.2) is 11.2 Å². The zero-order valence-corrected chi connectivity index (χ0v) is 19.3. The van der Waals surface area contributed by atoms with E-state index in [0.29, 0.717) is 10.8 Å². The maximum atomic E-state index is 10.2. The monoisotopic (exact) mass is 386 g/mol. The molecule has 3 fully saturated rings. The van der Waals surface area contributed by atoms with Crippen molar-refractivity contribution in [2.75, 3.05) is 0 Å². The summed E-state index contributed by atoms with van der Waals surface area (Å²) in [6.45, 7) is 12.6. The average molecular weight is 387 g/mol. The number of aliphatic hydroxyl groups excluding tert-OH is 1. The van der Waals surface area contributed by atoms with Crippen molar-refractivity contribution in [1.29, 1.82) is 0 Å². The van der Waals surface area contributed by atoms with Crippen LogP contribution in [0.4, 0.5) is 0 Å². The van der Waals surface area contributed by atoms with Crippen molar-refractivity contribution >= 4 is 0 Å². The fourth-order valence-electron chi connectivity index (χ4n) is 8.51. The highest BCUT2D eigenvalue weighted by molar-refractivity contribution is 5.27. The molecule has 0 radical (unpaired) electrons. The predicted molar refractivity (Wildman–Crippen MR) is 119 cm³/mol. The minimum absolute atomic E-state index is 0.0376. The van der Waals surface area contributed by atoms with Crippen LogP contribution in [0.25, 0.3) is 0 Å². The van der Waals surface area contributed by atoms with Crippen LogP contribution in [0.15, 0.2) is 11.6 Å². The van der Waals surface area contributed by atoms with Gasteiger partial charge in [0, 0.05) is 0 Å². The SMILES string of the molecule is CC(C)CCCC(C)C1CCC2C3=CC[C@H]4C[C@@H](O)CCC4(C)C3CCC21C. The molecular formula is C27H46O. The Morgan fingerprint density at radius 3 is 2.43 bits per heavy atom. The third-order valence-electron chi connectivity index (χ3n) is 10.3. The van der Waals surface area contributed by atoms with E-state index in [-0.39, 0.29) is 6.10 Å². The Balaban J connectivity index is 1.50. The van der Waals surface area contributed by atoms with Gasteiger partial charge in [-0.2, -0.15) is 0 Å². The first-order chi connectivity index (χ1) is 13.3. The lowest BCUT2D eigenvalue weighted by Crippen LogP contribution is -2.49. The normalized spacial score (nSPS) is 46.5. The first-order valence-electron chi connectivity index (χ1n) is 12.6. The summed E-state index contributed by atoms with van der Waals surface area (Å²) in [5, 5.41) is 10.2. The molecule has 6 unspecified atom stereocenters. The summed E-state index contributed by atoms with van der Waals surface area (Å²) in [5.74, 6) is 5.07. The Hall–Kier alpha value is -0.300. The van der Waals surface area contributed by atoms with Gasteiger partial charge in [-0.3, -0.25) is 0 Å². The second-order valence-electron chi connectivity index (χ2n) is 12.2. The smallest absolute Gasteiger partial charge is 0.0543 e. The van der Waals surface area contributed by atoms with Gasteiger partial charge in [-0.15, -0.1) is 0 Å². The summed E-state index contributed by atoms with van der Waals surface area (Å²) >= 11 is 0. The number of aliphatic hydroxyl groups is 1. The number of rotatable bonds is 5. The molecule has 1 N–H and O–H groups in total. The van der Waals surface area contributed by atoms with E-state index >= 15 is 0 Å².